The molecule has 0 unspecified atom stereocenters. The van der Waals surface area contributed by atoms with E-state index in [9.17, 15) is 0 Å². The molecule has 0 aliphatic carbocycles. The van der Waals surface area contributed by atoms with Crippen LogP contribution in [-0.4, -0.2) is 0 Å². The van der Waals surface area contributed by atoms with Gasteiger partial charge < -0.3 is 4.90 Å². The van der Waals surface area contributed by atoms with E-state index in [0.29, 0.717) is 0 Å². The SMILES string of the molecule is c1ccc(-c2c(-c3ccccc3)c3cc(N(c4cccc5ccccc45)c4cccc5sc6ccccc6c45)ccc3c3ccccc23)cc1. The number of hydrogen-bond donors (Lipinski definition) is 0. The zero-order valence-electron chi connectivity index (χ0n) is 27.3. The Balaban J connectivity index is 1.36. The molecule has 234 valence electrons. The second-order valence-corrected chi connectivity index (χ2v) is 13.9. The Bertz CT molecular complexity index is 2860. The minimum Gasteiger partial charge on any atom is -0.309 e. The standard InChI is InChI=1S/C48H31NS/c1-3-16-33(17-4-1)46-39-23-10-9-22-37(39)38-30-29-35(31-41(38)47(46)34-18-5-2-6-19-34)49(42-25-13-20-32-15-7-8-21-36(32)42)43-26-14-28-45-48(43)40-24-11-12-27-44(40)50-45/h1-31H. The zero-order valence-corrected chi connectivity index (χ0v) is 28.1. The summed E-state index contributed by atoms with van der Waals surface area (Å²) in [6, 6.07) is 68.8. The smallest absolute Gasteiger partial charge is 0.0555 e. The van der Waals surface area contributed by atoms with Gasteiger partial charge in [0, 0.05) is 31.2 Å². The Kier molecular flexibility index (Phi) is 6.75. The molecule has 1 nitrogen and oxygen atoms in total. The van der Waals surface area contributed by atoms with Crippen LogP contribution in [0.25, 0.3) is 74.7 Å². The van der Waals surface area contributed by atoms with Crippen LogP contribution in [0, 0.1) is 0 Å². The Morgan fingerprint density at radius 1 is 0.340 bits per heavy atom. The van der Waals surface area contributed by atoms with Crippen molar-refractivity contribution in [3.8, 4) is 22.3 Å². The molecule has 0 aliphatic heterocycles. The maximum absolute atomic E-state index is 2.50. The molecule has 1 aromatic heterocycles. The lowest BCUT2D eigenvalue weighted by Gasteiger charge is -2.29. The topological polar surface area (TPSA) is 3.24 Å². The molecule has 0 radical (unpaired) electrons. The lowest BCUT2D eigenvalue weighted by molar-refractivity contribution is 1.32. The number of rotatable bonds is 5. The average Bonchev–Trinajstić information content (AvgIpc) is 3.58. The van der Waals surface area contributed by atoms with E-state index < -0.39 is 0 Å². The van der Waals surface area contributed by atoms with Crippen LogP contribution in [0.3, 0.4) is 0 Å². The van der Waals surface area contributed by atoms with Gasteiger partial charge in [0.05, 0.1) is 11.4 Å². The summed E-state index contributed by atoms with van der Waals surface area (Å²) in [7, 11) is 0. The van der Waals surface area contributed by atoms with Gasteiger partial charge in [-0.25, -0.2) is 0 Å². The zero-order chi connectivity index (χ0) is 33.0. The summed E-state index contributed by atoms with van der Waals surface area (Å²) in [5.74, 6) is 0. The molecule has 0 spiro atoms. The Hall–Kier alpha value is -6.22. The highest BCUT2D eigenvalue weighted by atomic mass is 32.1. The first-order valence-electron chi connectivity index (χ1n) is 17.1. The molecule has 9 aromatic carbocycles. The highest BCUT2D eigenvalue weighted by Crippen LogP contribution is 2.49. The first kappa shape index (κ1) is 28.8. The van der Waals surface area contributed by atoms with Crippen molar-refractivity contribution in [2.45, 2.75) is 0 Å². The van der Waals surface area contributed by atoms with Crippen molar-refractivity contribution in [2.24, 2.45) is 0 Å². The summed E-state index contributed by atoms with van der Waals surface area (Å²) in [6.45, 7) is 0. The fourth-order valence-electron chi connectivity index (χ4n) is 7.88. The van der Waals surface area contributed by atoms with Gasteiger partial charge in [-0.15, -0.1) is 11.3 Å². The minimum atomic E-state index is 1.13. The van der Waals surface area contributed by atoms with E-state index in [4.69, 9.17) is 0 Å². The summed E-state index contributed by atoms with van der Waals surface area (Å²) in [5.41, 5.74) is 8.42. The third kappa shape index (κ3) is 4.53. The van der Waals surface area contributed by atoms with Gasteiger partial charge >= 0.3 is 0 Å². The van der Waals surface area contributed by atoms with Crippen molar-refractivity contribution in [1.82, 2.24) is 0 Å². The van der Waals surface area contributed by atoms with Crippen molar-refractivity contribution in [3.63, 3.8) is 0 Å². The number of benzene rings is 9. The number of thiophene rings is 1. The van der Waals surface area contributed by atoms with Crippen molar-refractivity contribution < 1.29 is 0 Å². The predicted octanol–water partition coefficient (Wildman–Crippen LogP) is 14.3. The monoisotopic (exact) mass is 653 g/mol. The Morgan fingerprint density at radius 3 is 1.66 bits per heavy atom. The van der Waals surface area contributed by atoms with Crippen LogP contribution in [0.1, 0.15) is 0 Å². The summed E-state index contributed by atoms with van der Waals surface area (Å²) in [5, 5.41) is 10.0. The third-order valence-electron chi connectivity index (χ3n) is 10.0. The van der Waals surface area contributed by atoms with Crippen LogP contribution in [0.5, 0.6) is 0 Å². The second-order valence-electron chi connectivity index (χ2n) is 12.8. The van der Waals surface area contributed by atoms with Crippen LogP contribution in [0.2, 0.25) is 0 Å². The first-order valence-corrected chi connectivity index (χ1v) is 17.9. The molecule has 10 aromatic rings. The molecule has 0 N–H and O–H groups in total. The molecule has 2 heteroatoms. The highest BCUT2D eigenvalue weighted by molar-refractivity contribution is 7.26. The van der Waals surface area contributed by atoms with Crippen molar-refractivity contribution in [2.75, 3.05) is 4.90 Å². The van der Waals surface area contributed by atoms with Gasteiger partial charge in [0.15, 0.2) is 0 Å². The van der Waals surface area contributed by atoms with E-state index in [1.807, 2.05) is 11.3 Å². The Morgan fingerprint density at radius 2 is 0.880 bits per heavy atom. The van der Waals surface area contributed by atoms with Crippen molar-refractivity contribution >= 4 is 80.9 Å². The van der Waals surface area contributed by atoms with Crippen LogP contribution in [0.15, 0.2) is 188 Å². The molecule has 1 heterocycles. The number of hydrogen-bond acceptors (Lipinski definition) is 2. The molecule has 0 saturated heterocycles. The predicted molar refractivity (Wildman–Crippen MR) is 217 cm³/mol. The van der Waals surface area contributed by atoms with Gasteiger partial charge in [-0.2, -0.15) is 0 Å². The van der Waals surface area contributed by atoms with Crippen LogP contribution in [0.4, 0.5) is 17.1 Å². The second kappa shape index (κ2) is 11.7. The maximum atomic E-state index is 2.50. The summed E-state index contributed by atoms with van der Waals surface area (Å²) >= 11 is 1.86. The molecule has 0 saturated carbocycles. The molecule has 0 atom stereocenters. The quantitative estimate of drug-likeness (QED) is 0.167. The fraction of sp³-hybridized carbons (Fsp3) is 0. The van der Waals surface area contributed by atoms with E-state index in [1.54, 1.807) is 0 Å². The molecule has 0 fully saturated rings. The molecular formula is C48H31NS. The van der Waals surface area contributed by atoms with E-state index in [2.05, 4.69) is 193 Å². The van der Waals surface area contributed by atoms with E-state index in [-0.39, 0.29) is 0 Å². The average molecular weight is 654 g/mol. The molecule has 0 aliphatic rings. The molecule has 10 rings (SSSR count). The summed E-state index contributed by atoms with van der Waals surface area (Å²) in [6.07, 6.45) is 0. The lowest BCUT2D eigenvalue weighted by Crippen LogP contribution is -2.11. The van der Waals surface area contributed by atoms with E-state index in [1.165, 1.54) is 80.4 Å². The van der Waals surface area contributed by atoms with Gasteiger partial charge in [0.2, 0.25) is 0 Å². The fourth-order valence-corrected chi connectivity index (χ4v) is 9.01. The largest absolute Gasteiger partial charge is 0.309 e. The number of nitrogens with zero attached hydrogens (tertiary/aromatic N) is 1. The van der Waals surface area contributed by atoms with Crippen LogP contribution < -0.4 is 4.90 Å². The van der Waals surface area contributed by atoms with E-state index in [0.717, 1.165) is 11.4 Å². The normalized spacial score (nSPS) is 11.6. The summed E-state index contributed by atoms with van der Waals surface area (Å²) < 4.78 is 2.59. The third-order valence-corrected chi connectivity index (χ3v) is 11.2. The Labute approximate surface area is 294 Å². The van der Waals surface area contributed by atoms with Gasteiger partial charge in [-0.3, -0.25) is 0 Å². The van der Waals surface area contributed by atoms with Gasteiger partial charge in [-0.1, -0.05) is 152 Å². The molecule has 0 bridgehead atoms. The number of anilines is 3. The molecule has 50 heavy (non-hydrogen) atoms. The lowest BCUT2D eigenvalue weighted by atomic mass is 9.85. The van der Waals surface area contributed by atoms with Crippen molar-refractivity contribution in [3.05, 3.63) is 188 Å². The molecular weight excluding hydrogens is 623 g/mol. The van der Waals surface area contributed by atoms with Gasteiger partial charge in [0.1, 0.15) is 0 Å². The van der Waals surface area contributed by atoms with Crippen molar-refractivity contribution in [1.29, 1.82) is 0 Å². The van der Waals surface area contributed by atoms with Crippen LogP contribution >= 0.6 is 11.3 Å². The first-order chi connectivity index (χ1) is 24.8. The van der Waals surface area contributed by atoms with Crippen LogP contribution in [-0.2, 0) is 0 Å². The summed E-state index contributed by atoms with van der Waals surface area (Å²) in [4.78, 5) is 2.50. The molecule has 0 amide bonds. The van der Waals surface area contributed by atoms with Gasteiger partial charge in [0.25, 0.3) is 0 Å². The minimum absolute atomic E-state index is 1.13. The maximum Gasteiger partial charge on any atom is 0.0555 e. The number of fused-ring (bicyclic) bond motifs is 7. The highest BCUT2D eigenvalue weighted by Gasteiger charge is 2.23. The van der Waals surface area contributed by atoms with E-state index >= 15 is 0 Å². The van der Waals surface area contributed by atoms with Gasteiger partial charge in [-0.05, 0) is 85.6 Å².